The molecule has 0 radical (unpaired) electrons. The number of fused-ring (bicyclic) bond motifs is 1. The van der Waals surface area contributed by atoms with Gasteiger partial charge in [-0.3, -0.25) is 0 Å². The topological polar surface area (TPSA) is 3.24 Å². The van der Waals surface area contributed by atoms with Gasteiger partial charge in [0.2, 0.25) is 0 Å². The second-order valence-corrected chi connectivity index (χ2v) is 7.44. The molecule has 0 unspecified atom stereocenters. The third-order valence-electron chi connectivity index (χ3n) is 5.50. The summed E-state index contributed by atoms with van der Waals surface area (Å²) in [5.74, 6) is 1.69. The number of anilines is 2. The Kier molecular flexibility index (Phi) is 2.68. The van der Waals surface area contributed by atoms with E-state index in [1.54, 1.807) is 11.1 Å². The van der Waals surface area contributed by atoms with Crippen LogP contribution in [0.2, 0.25) is 0 Å². The lowest BCUT2D eigenvalue weighted by Crippen LogP contribution is -2.13. The first-order valence-corrected chi connectivity index (χ1v) is 8.80. The minimum atomic E-state index is 0.845. The van der Waals surface area contributed by atoms with E-state index in [0.29, 0.717) is 0 Å². The van der Waals surface area contributed by atoms with Crippen molar-refractivity contribution in [2.75, 3.05) is 11.4 Å². The molecule has 0 atom stereocenters. The van der Waals surface area contributed by atoms with E-state index < -0.39 is 0 Å². The fourth-order valence-electron chi connectivity index (χ4n) is 3.92. The van der Waals surface area contributed by atoms with Gasteiger partial charge in [0.05, 0.1) is 0 Å². The first-order chi connectivity index (χ1) is 10.8. The maximum Gasteiger partial charge on any atom is 0.0444 e. The smallest absolute Gasteiger partial charge is 0.0444 e. The van der Waals surface area contributed by atoms with Crippen molar-refractivity contribution in [2.24, 2.45) is 0 Å². The molecule has 5 rings (SSSR count). The summed E-state index contributed by atoms with van der Waals surface area (Å²) in [5.41, 5.74) is 8.96. The van der Waals surface area contributed by atoms with Crippen LogP contribution >= 0.6 is 0 Å². The fourth-order valence-corrected chi connectivity index (χ4v) is 3.92. The van der Waals surface area contributed by atoms with Crippen LogP contribution in [0.15, 0.2) is 36.4 Å². The molecule has 0 N–H and O–H groups in total. The summed E-state index contributed by atoms with van der Waals surface area (Å²) < 4.78 is 0. The van der Waals surface area contributed by atoms with Crippen molar-refractivity contribution in [3.8, 4) is 0 Å². The van der Waals surface area contributed by atoms with Gasteiger partial charge < -0.3 is 4.90 Å². The zero-order valence-corrected chi connectivity index (χ0v) is 13.3. The molecule has 2 fully saturated rings. The predicted molar refractivity (Wildman–Crippen MR) is 92.3 cm³/mol. The first kappa shape index (κ1) is 12.8. The summed E-state index contributed by atoms with van der Waals surface area (Å²) in [7, 11) is 0. The van der Waals surface area contributed by atoms with Gasteiger partial charge >= 0.3 is 0 Å². The minimum absolute atomic E-state index is 0.845. The van der Waals surface area contributed by atoms with Crippen LogP contribution in [0.3, 0.4) is 0 Å². The zero-order valence-electron chi connectivity index (χ0n) is 13.3. The van der Waals surface area contributed by atoms with Gasteiger partial charge in [0.15, 0.2) is 0 Å². The molecule has 0 aromatic heterocycles. The highest BCUT2D eigenvalue weighted by molar-refractivity contribution is 5.71. The Balaban J connectivity index is 1.58. The SMILES string of the molecule is Cc1ccc2c(c1)CCN2c1cc(C2CC2)cc(C2CC2)c1. The Morgan fingerprint density at radius 3 is 2.18 bits per heavy atom. The monoisotopic (exact) mass is 289 g/mol. The van der Waals surface area contributed by atoms with Crippen LogP contribution in [0.4, 0.5) is 11.4 Å². The molecule has 1 heterocycles. The largest absolute Gasteiger partial charge is 0.341 e. The van der Waals surface area contributed by atoms with Gasteiger partial charge in [-0.2, -0.15) is 0 Å². The molecule has 0 spiro atoms. The first-order valence-electron chi connectivity index (χ1n) is 8.80. The van der Waals surface area contributed by atoms with Crippen LogP contribution in [0.25, 0.3) is 0 Å². The molecule has 1 heteroatoms. The Hall–Kier alpha value is -1.76. The third-order valence-corrected chi connectivity index (χ3v) is 5.50. The molecule has 0 amide bonds. The van der Waals surface area contributed by atoms with Crippen molar-refractivity contribution in [1.29, 1.82) is 0 Å². The quantitative estimate of drug-likeness (QED) is 0.727. The standard InChI is InChI=1S/C21H23N/c1-14-2-7-21-17(10-14)8-9-22(21)20-12-18(15-3-4-15)11-19(13-20)16-5-6-16/h2,7,10-13,15-16H,3-6,8-9H2,1H3. The fraction of sp³-hybridized carbons (Fsp3) is 0.429. The number of benzene rings is 2. The average Bonchev–Trinajstić information content (AvgIpc) is 3.42. The van der Waals surface area contributed by atoms with Crippen molar-refractivity contribution in [1.82, 2.24) is 0 Å². The molecule has 2 aliphatic carbocycles. The highest BCUT2D eigenvalue weighted by Crippen LogP contribution is 2.47. The van der Waals surface area contributed by atoms with E-state index in [-0.39, 0.29) is 0 Å². The van der Waals surface area contributed by atoms with E-state index in [1.165, 1.54) is 54.6 Å². The van der Waals surface area contributed by atoms with E-state index >= 15 is 0 Å². The van der Waals surface area contributed by atoms with Gasteiger partial charge in [0.1, 0.15) is 0 Å². The van der Waals surface area contributed by atoms with Crippen molar-refractivity contribution in [3.63, 3.8) is 0 Å². The normalized spacial score (nSPS) is 20.3. The molecular weight excluding hydrogens is 266 g/mol. The summed E-state index contributed by atoms with van der Waals surface area (Å²) in [4.78, 5) is 2.55. The summed E-state index contributed by atoms with van der Waals surface area (Å²) in [6.07, 6.45) is 6.75. The summed E-state index contributed by atoms with van der Waals surface area (Å²) in [5, 5.41) is 0. The number of aryl methyl sites for hydroxylation is 1. The van der Waals surface area contributed by atoms with Crippen molar-refractivity contribution in [2.45, 2.75) is 50.9 Å². The highest BCUT2D eigenvalue weighted by Gasteiger charge is 2.30. The molecule has 1 nitrogen and oxygen atoms in total. The van der Waals surface area contributed by atoms with Crippen LogP contribution < -0.4 is 4.90 Å². The van der Waals surface area contributed by atoms with Crippen LogP contribution in [0.1, 0.15) is 59.8 Å². The second-order valence-electron chi connectivity index (χ2n) is 7.44. The molecule has 2 saturated carbocycles. The highest BCUT2D eigenvalue weighted by atomic mass is 15.2. The minimum Gasteiger partial charge on any atom is -0.341 e. The van der Waals surface area contributed by atoms with E-state index in [0.717, 1.165) is 18.4 Å². The number of hydrogen-bond donors (Lipinski definition) is 0. The van der Waals surface area contributed by atoms with Gasteiger partial charge in [0, 0.05) is 17.9 Å². The van der Waals surface area contributed by atoms with Crippen LogP contribution in [-0.2, 0) is 6.42 Å². The van der Waals surface area contributed by atoms with E-state index in [1.807, 2.05) is 0 Å². The van der Waals surface area contributed by atoms with Crippen LogP contribution in [0.5, 0.6) is 0 Å². The molecular formula is C21H23N. The zero-order chi connectivity index (χ0) is 14.7. The lowest BCUT2D eigenvalue weighted by atomic mass is 10.0. The maximum atomic E-state index is 2.55. The molecule has 2 aromatic rings. The Bertz CT molecular complexity index is 707. The number of nitrogens with zero attached hydrogens (tertiary/aromatic N) is 1. The van der Waals surface area contributed by atoms with Crippen molar-refractivity contribution >= 4 is 11.4 Å². The molecule has 22 heavy (non-hydrogen) atoms. The average molecular weight is 289 g/mol. The van der Waals surface area contributed by atoms with Crippen molar-refractivity contribution in [3.05, 3.63) is 58.7 Å². The summed E-state index contributed by atoms with van der Waals surface area (Å²) >= 11 is 0. The van der Waals surface area contributed by atoms with Gasteiger partial charge in [-0.25, -0.2) is 0 Å². The molecule has 1 aliphatic heterocycles. The molecule has 2 aromatic carbocycles. The maximum absolute atomic E-state index is 2.55. The molecule has 0 saturated heterocycles. The van der Waals surface area contributed by atoms with Gasteiger partial charge in [-0.15, -0.1) is 0 Å². The lowest BCUT2D eigenvalue weighted by molar-refractivity contribution is 0.985. The second kappa shape index (κ2) is 4.62. The predicted octanol–water partition coefficient (Wildman–Crippen LogP) is 5.44. The molecule has 112 valence electrons. The Morgan fingerprint density at radius 1 is 0.864 bits per heavy atom. The van der Waals surface area contributed by atoms with Gasteiger partial charge in [-0.1, -0.05) is 23.8 Å². The van der Waals surface area contributed by atoms with Crippen LogP contribution in [-0.4, -0.2) is 6.54 Å². The van der Waals surface area contributed by atoms with E-state index in [4.69, 9.17) is 0 Å². The number of rotatable bonds is 3. The van der Waals surface area contributed by atoms with E-state index in [2.05, 4.69) is 48.2 Å². The summed E-state index contributed by atoms with van der Waals surface area (Å²) in [6.45, 7) is 3.33. The third kappa shape index (κ3) is 2.15. The summed E-state index contributed by atoms with van der Waals surface area (Å²) in [6, 6.07) is 14.4. The van der Waals surface area contributed by atoms with Gasteiger partial charge in [-0.05, 0) is 85.8 Å². The lowest BCUT2D eigenvalue weighted by Gasteiger charge is -2.22. The Morgan fingerprint density at radius 2 is 1.55 bits per heavy atom. The van der Waals surface area contributed by atoms with Gasteiger partial charge in [0.25, 0.3) is 0 Å². The van der Waals surface area contributed by atoms with Crippen LogP contribution in [0, 0.1) is 6.92 Å². The Labute approximate surface area is 133 Å². The number of hydrogen-bond acceptors (Lipinski definition) is 1. The molecule has 3 aliphatic rings. The van der Waals surface area contributed by atoms with E-state index in [9.17, 15) is 0 Å². The van der Waals surface area contributed by atoms with Crippen molar-refractivity contribution < 1.29 is 0 Å². The molecule has 0 bridgehead atoms.